The number of hydrogen-bond acceptors (Lipinski definition) is 9. The lowest BCUT2D eigenvalue weighted by Crippen LogP contribution is -2.50. The molecule has 11 heteroatoms. The molecule has 3 rings (SSSR count). The van der Waals surface area contributed by atoms with E-state index in [1.807, 2.05) is 0 Å². The first kappa shape index (κ1) is 22.1. The molecular weight excluding hydrogens is 408 g/mol. The summed E-state index contributed by atoms with van der Waals surface area (Å²) >= 11 is 0. The lowest BCUT2D eigenvalue weighted by atomic mass is 9.92. The molecule has 11 nitrogen and oxygen atoms in total. The standard InChI is InChI=1S/C20H22N4O7/c1-5-31-19(28)15-14-16(23(21-15)20(3,4)10-11(2)25)18(27)22(17(14)26)12-7-6-8-13(9-12)24(29)30/h6-9,14,16H,5,10H2,1-4H3. The molecule has 0 radical (unpaired) electrons. The smallest absolute Gasteiger partial charge is 0.355 e. The fourth-order valence-corrected chi connectivity index (χ4v) is 3.99. The van der Waals surface area contributed by atoms with Crippen molar-refractivity contribution in [2.45, 2.75) is 45.7 Å². The predicted molar refractivity (Wildman–Crippen MR) is 108 cm³/mol. The van der Waals surface area contributed by atoms with Crippen LogP contribution in [0.5, 0.6) is 0 Å². The summed E-state index contributed by atoms with van der Waals surface area (Å²) in [5, 5.41) is 16.7. The summed E-state index contributed by atoms with van der Waals surface area (Å²) in [6, 6.07) is 3.95. The number of ketones is 1. The second-order valence-corrected chi connectivity index (χ2v) is 7.95. The number of anilines is 1. The van der Waals surface area contributed by atoms with E-state index >= 15 is 0 Å². The maximum absolute atomic E-state index is 13.3. The highest BCUT2D eigenvalue weighted by molar-refractivity contribution is 6.46. The summed E-state index contributed by atoms with van der Waals surface area (Å²) in [6.07, 6.45) is 0.0219. The molecule has 2 aliphatic heterocycles. The number of imide groups is 1. The SMILES string of the molecule is CCOC(=O)C1=NN(C(C)(C)CC(C)=O)C2C(=O)N(c3cccc([N+](=O)[O-])c3)C(=O)C12. The molecule has 0 bridgehead atoms. The Kier molecular flexibility index (Phi) is 5.62. The Morgan fingerprint density at radius 3 is 2.52 bits per heavy atom. The first-order chi connectivity index (χ1) is 14.5. The van der Waals surface area contributed by atoms with Crippen LogP contribution in [0.1, 0.15) is 34.1 Å². The van der Waals surface area contributed by atoms with Gasteiger partial charge >= 0.3 is 5.97 Å². The Bertz CT molecular complexity index is 1020. The van der Waals surface area contributed by atoms with Crippen molar-refractivity contribution in [1.29, 1.82) is 0 Å². The molecule has 2 unspecified atom stereocenters. The zero-order valence-corrected chi connectivity index (χ0v) is 17.5. The number of nitro benzene ring substituents is 1. The Hall–Kier alpha value is -3.63. The predicted octanol–water partition coefficient (Wildman–Crippen LogP) is 1.45. The van der Waals surface area contributed by atoms with Gasteiger partial charge in [-0.1, -0.05) is 6.07 Å². The fourth-order valence-electron chi connectivity index (χ4n) is 3.99. The van der Waals surface area contributed by atoms with E-state index in [0.717, 1.165) is 11.0 Å². The largest absolute Gasteiger partial charge is 0.461 e. The molecule has 2 heterocycles. The van der Waals surface area contributed by atoms with Gasteiger partial charge in [-0.15, -0.1) is 0 Å². The number of carbonyl (C=O) groups is 4. The van der Waals surface area contributed by atoms with Crippen molar-refractivity contribution in [3.8, 4) is 0 Å². The van der Waals surface area contributed by atoms with Crippen LogP contribution in [0, 0.1) is 16.0 Å². The van der Waals surface area contributed by atoms with E-state index < -0.39 is 40.2 Å². The van der Waals surface area contributed by atoms with Crippen molar-refractivity contribution >= 4 is 40.7 Å². The van der Waals surface area contributed by atoms with Crippen LogP contribution in [0.2, 0.25) is 0 Å². The van der Waals surface area contributed by atoms with E-state index in [4.69, 9.17) is 4.74 Å². The van der Waals surface area contributed by atoms with Gasteiger partial charge in [-0.2, -0.15) is 5.10 Å². The molecule has 2 aliphatic rings. The zero-order chi connectivity index (χ0) is 23.1. The highest BCUT2D eigenvalue weighted by Crippen LogP contribution is 2.40. The molecule has 0 spiro atoms. The molecule has 1 fully saturated rings. The molecule has 0 aromatic heterocycles. The number of esters is 1. The maximum Gasteiger partial charge on any atom is 0.355 e. The number of Topliss-reactive ketones (excluding diaryl/α,β-unsaturated/α-hetero) is 1. The number of non-ortho nitro benzene ring substituents is 1. The number of fused-ring (bicyclic) bond motifs is 1. The highest BCUT2D eigenvalue weighted by atomic mass is 16.6. The minimum absolute atomic E-state index is 0.0196. The van der Waals surface area contributed by atoms with Crippen LogP contribution in [0.3, 0.4) is 0 Å². The Labute approximate surface area is 177 Å². The van der Waals surface area contributed by atoms with Gasteiger partial charge in [0.1, 0.15) is 17.7 Å². The first-order valence-corrected chi connectivity index (χ1v) is 9.66. The van der Waals surface area contributed by atoms with Gasteiger partial charge in [-0.3, -0.25) is 29.5 Å². The highest BCUT2D eigenvalue weighted by Gasteiger charge is 2.61. The van der Waals surface area contributed by atoms with Gasteiger partial charge in [-0.25, -0.2) is 9.69 Å². The minimum Gasteiger partial charge on any atom is -0.461 e. The third kappa shape index (κ3) is 3.78. The lowest BCUT2D eigenvalue weighted by Gasteiger charge is -2.36. The average molecular weight is 430 g/mol. The normalized spacial score (nSPS) is 20.6. The molecule has 1 aromatic carbocycles. The summed E-state index contributed by atoms with van der Waals surface area (Å²) in [6.45, 7) is 6.39. The fraction of sp³-hybridized carbons (Fsp3) is 0.450. The van der Waals surface area contributed by atoms with E-state index in [1.165, 1.54) is 30.1 Å². The molecule has 0 N–H and O–H groups in total. The Morgan fingerprint density at radius 1 is 1.26 bits per heavy atom. The number of hydrogen-bond donors (Lipinski definition) is 0. The number of carbonyl (C=O) groups excluding carboxylic acids is 4. The van der Waals surface area contributed by atoms with Crippen molar-refractivity contribution in [2.24, 2.45) is 11.0 Å². The molecule has 1 saturated heterocycles. The number of nitro groups is 1. The van der Waals surface area contributed by atoms with Gasteiger partial charge in [0.25, 0.3) is 11.6 Å². The van der Waals surface area contributed by atoms with E-state index in [2.05, 4.69) is 5.10 Å². The third-order valence-corrected chi connectivity index (χ3v) is 5.13. The summed E-state index contributed by atoms with van der Waals surface area (Å²) in [4.78, 5) is 62.2. The quantitative estimate of drug-likeness (QED) is 0.274. The van der Waals surface area contributed by atoms with Crippen LogP contribution in [-0.2, 0) is 23.9 Å². The van der Waals surface area contributed by atoms with Crippen LogP contribution in [-0.4, -0.2) is 57.4 Å². The second-order valence-electron chi connectivity index (χ2n) is 7.95. The van der Waals surface area contributed by atoms with Crippen LogP contribution in [0.25, 0.3) is 0 Å². The van der Waals surface area contributed by atoms with E-state index in [1.54, 1.807) is 20.8 Å². The molecule has 2 atom stereocenters. The number of amides is 2. The van der Waals surface area contributed by atoms with Crippen LogP contribution >= 0.6 is 0 Å². The van der Waals surface area contributed by atoms with E-state index in [9.17, 15) is 29.3 Å². The molecule has 31 heavy (non-hydrogen) atoms. The molecule has 164 valence electrons. The van der Waals surface area contributed by atoms with Gasteiger partial charge in [0.2, 0.25) is 5.91 Å². The van der Waals surface area contributed by atoms with E-state index in [-0.39, 0.29) is 35.9 Å². The average Bonchev–Trinajstić information content (AvgIpc) is 3.19. The summed E-state index contributed by atoms with van der Waals surface area (Å²) in [7, 11) is 0. The van der Waals surface area contributed by atoms with Crippen molar-refractivity contribution in [3.05, 3.63) is 34.4 Å². The van der Waals surface area contributed by atoms with Gasteiger partial charge < -0.3 is 4.74 Å². The topological polar surface area (TPSA) is 139 Å². The number of ether oxygens (including phenoxy) is 1. The molecule has 1 aromatic rings. The van der Waals surface area contributed by atoms with Gasteiger partial charge in [0.05, 0.1) is 22.8 Å². The van der Waals surface area contributed by atoms with Crippen molar-refractivity contribution in [1.82, 2.24) is 5.01 Å². The number of hydrazone groups is 1. The van der Waals surface area contributed by atoms with E-state index in [0.29, 0.717) is 0 Å². The zero-order valence-electron chi connectivity index (χ0n) is 17.5. The third-order valence-electron chi connectivity index (χ3n) is 5.13. The van der Waals surface area contributed by atoms with Crippen LogP contribution in [0.4, 0.5) is 11.4 Å². The first-order valence-electron chi connectivity index (χ1n) is 9.66. The van der Waals surface area contributed by atoms with Crippen molar-refractivity contribution < 1.29 is 28.8 Å². The van der Waals surface area contributed by atoms with Gasteiger partial charge in [0, 0.05) is 18.6 Å². The van der Waals surface area contributed by atoms with Crippen LogP contribution < -0.4 is 4.90 Å². The number of nitrogens with zero attached hydrogens (tertiary/aromatic N) is 4. The minimum atomic E-state index is -1.24. The Morgan fingerprint density at radius 2 is 1.94 bits per heavy atom. The Balaban J connectivity index is 2.08. The monoisotopic (exact) mass is 430 g/mol. The van der Waals surface area contributed by atoms with Crippen molar-refractivity contribution in [3.63, 3.8) is 0 Å². The van der Waals surface area contributed by atoms with Crippen molar-refractivity contribution in [2.75, 3.05) is 11.5 Å². The maximum atomic E-state index is 13.3. The number of benzene rings is 1. The van der Waals surface area contributed by atoms with Crippen LogP contribution in [0.15, 0.2) is 29.4 Å². The summed E-state index contributed by atoms with van der Waals surface area (Å²) in [5.74, 6) is -3.65. The molecule has 0 saturated carbocycles. The van der Waals surface area contributed by atoms with Gasteiger partial charge in [-0.05, 0) is 33.8 Å². The molecular formula is C20H22N4O7. The summed E-state index contributed by atoms with van der Waals surface area (Å²) < 4.78 is 5.02. The lowest BCUT2D eigenvalue weighted by molar-refractivity contribution is -0.384. The molecule has 0 aliphatic carbocycles. The molecule has 2 amide bonds. The number of rotatable bonds is 7. The summed E-state index contributed by atoms with van der Waals surface area (Å²) in [5.41, 5.74) is -1.47. The van der Waals surface area contributed by atoms with Gasteiger partial charge in [0.15, 0.2) is 5.71 Å². The second kappa shape index (κ2) is 7.89.